The van der Waals surface area contributed by atoms with Crippen molar-refractivity contribution in [2.45, 2.75) is 18.6 Å². The Hall–Kier alpha value is -2.38. The van der Waals surface area contributed by atoms with E-state index >= 15 is 0 Å². The van der Waals surface area contributed by atoms with Crippen LogP contribution in [0.25, 0.3) is 10.9 Å². The second-order valence-electron chi connectivity index (χ2n) is 6.74. The van der Waals surface area contributed by atoms with E-state index in [9.17, 15) is 14.7 Å². The Morgan fingerprint density at radius 1 is 1.08 bits per heavy atom. The van der Waals surface area contributed by atoms with Crippen LogP contribution in [0.5, 0.6) is 0 Å². The van der Waals surface area contributed by atoms with E-state index < -0.39 is 6.10 Å². The largest absolute Gasteiger partial charge is 0.392 e. The Morgan fingerprint density at radius 3 is 2.48 bits per heavy atom. The highest BCUT2D eigenvalue weighted by Gasteiger charge is 2.33. The maximum atomic E-state index is 12.7. The number of aliphatic hydroxyl groups excluding tert-OH is 1. The predicted octanol–water partition coefficient (Wildman–Crippen LogP) is 0.175. The van der Waals surface area contributed by atoms with Crippen LogP contribution in [0.1, 0.15) is 16.9 Å². The van der Waals surface area contributed by atoms with Crippen LogP contribution in [-0.4, -0.2) is 76.6 Å². The van der Waals surface area contributed by atoms with Gasteiger partial charge in [-0.15, -0.1) is 0 Å². The molecule has 2 unspecified atom stereocenters. The number of fused-ring (bicyclic) bond motifs is 1. The Morgan fingerprint density at radius 2 is 1.80 bits per heavy atom. The summed E-state index contributed by atoms with van der Waals surface area (Å²) in [7, 11) is 0. The third kappa shape index (κ3) is 3.12. The van der Waals surface area contributed by atoms with Gasteiger partial charge in [0.15, 0.2) is 0 Å². The van der Waals surface area contributed by atoms with E-state index in [0.717, 1.165) is 10.9 Å². The zero-order valence-electron chi connectivity index (χ0n) is 13.9. The first-order chi connectivity index (χ1) is 12.1. The van der Waals surface area contributed by atoms with Crippen molar-refractivity contribution < 1.29 is 14.7 Å². The molecule has 0 saturated carbocycles. The molecule has 0 aliphatic carbocycles. The number of amides is 2. The fourth-order valence-electron chi connectivity index (χ4n) is 3.61. The molecule has 1 aromatic carbocycles. The minimum Gasteiger partial charge on any atom is -0.392 e. The number of piperazine rings is 1. The van der Waals surface area contributed by atoms with Crippen molar-refractivity contribution in [2.75, 3.05) is 32.7 Å². The zero-order valence-corrected chi connectivity index (χ0v) is 13.9. The normalized spacial score (nSPS) is 24.0. The first-order valence-corrected chi connectivity index (χ1v) is 8.69. The second kappa shape index (κ2) is 6.50. The smallest absolute Gasteiger partial charge is 0.270 e. The van der Waals surface area contributed by atoms with Crippen LogP contribution in [0.15, 0.2) is 30.3 Å². The number of hydrogen-bond donors (Lipinski definition) is 3. The summed E-state index contributed by atoms with van der Waals surface area (Å²) in [5.74, 6) is -0.00743. The molecule has 7 nitrogen and oxygen atoms in total. The number of rotatable bonds is 2. The first kappa shape index (κ1) is 16.1. The number of nitrogens with zero attached hydrogens (tertiary/aromatic N) is 2. The van der Waals surface area contributed by atoms with Crippen molar-refractivity contribution in [3.63, 3.8) is 0 Å². The Bertz CT molecular complexity index is 761. The predicted molar refractivity (Wildman–Crippen MR) is 93.2 cm³/mol. The number of aliphatic hydroxyl groups is 1. The number of para-hydroxylation sites is 1. The third-order valence-corrected chi connectivity index (χ3v) is 5.04. The maximum Gasteiger partial charge on any atom is 0.270 e. The molecule has 7 heteroatoms. The number of aromatic nitrogens is 1. The highest BCUT2D eigenvalue weighted by molar-refractivity contribution is 5.98. The SMILES string of the molecule is O=C(c1cc2ccccc2[nH]1)N1CCN(C(=O)C2CC(O)CN2)CC1. The lowest BCUT2D eigenvalue weighted by Gasteiger charge is -2.35. The summed E-state index contributed by atoms with van der Waals surface area (Å²) in [6.45, 7) is 2.57. The number of carbonyl (C=O) groups excluding carboxylic acids is 2. The Balaban J connectivity index is 1.38. The van der Waals surface area contributed by atoms with Crippen LogP contribution in [0.2, 0.25) is 0 Å². The number of hydrogen-bond acceptors (Lipinski definition) is 4. The first-order valence-electron chi connectivity index (χ1n) is 8.69. The molecule has 1 aromatic heterocycles. The van der Waals surface area contributed by atoms with Crippen LogP contribution >= 0.6 is 0 Å². The molecule has 132 valence electrons. The average Bonchev–Trinajstić information content (AvgIpc) is 3.26. The fraction of sp³-hybridized carbons (Fsp3) is 0.444. The Kier molecular flexibility index (Phi) is 4.19. The number of benzene rings is 1. The average molecular weight is 342 g/mol. The molecular formula is C18H22N4O3. The topological polar surface area (TPSA) is 88.7 Å². The molecule has 0 radical (unpaired) electrons. The zero-order chi connectivity index (χ0) is 17.4. The van der Waals surface area contributed by atoms with Crippen molar-refractivity contribution in [1.82, 2.24) is 20.1 Å². The standard InChI is InChI=1S/C18H22N4O3/c23-13-10-15(19-11-13)17(24)21-5-7-22(8-6-21)18(25)16-9-12-3-1-2-4-14(12)20-16/h1-4,9,13,15,19-20,23H,5-8,10-11H2. The van der Waals surface area contributed by atoms with Gasteiger partial charge in [0.1, 0.15) is 5.69 Å². The van der Waals surface area contributed by atoms with Gasteiger partial charge in [-0.05, 0) is 18.6 Å². The molecule has 3 N–H and O–H groups in total. The van der Waals surface area contributed by atoms with Gasteiger partial charge in [0.2, 0.25) is 5.91 Å². The lowest BCUT2D eigenvalue weighted by Crippen LogP contribution is -2.54. The molecule has 25 heavy (non-hydrogen) atoms. The van der Waals surface area contributed by atoms with Gasteiger partial charge < -0.3 is 25.2 Å². The minimum absolute atomic E-state index is 0.0225. The van der Waals surface area contributed by atoms with Crippen molar-refractivity contribution in [1.29, 1.82) is 0 Å². The number of carbonyl (C=O) groups is 2. The highest BCUT2D eigenvalue weighted by atomic mass is 16.3. The summed E-state index contributed by atoms with van der Waals surface area (Å²) in [4.78, 5) is 31.9. The molecular weight excluding hydrogens is 320 g/mol. The number of β-amino-alcohol motifs (C(OH)–C–C–N with tert-alkyl or cyclic N) is 1. The molecule has 2 aliphatic heterocycles. The van der Waals surface area contributed by atoms with E-state index in [0.29, 0.717) is 44.8 Å². The number of nitrogens with one attached hydrogen (secondary N) is 2. The van der Waals surface area contributed by atoms with E-state index in [1.807, 2.05) is 30.3 Å². The molecule has 0 spiro atoms. The fourth-order valence-corrected chi connectivity index (χ4v) is 3.61. The van der Waals surface area contributed by atoms with Crippen LogP contribution in [-0.2, 0) is 4.79 Å². The van der Waals surface area contributed by atoms with Crippen LogP contribution < -0.4 is 5.32 Å². The van der Waals surface area contributed by atoms with Crippen molar-refractivity contribution in [3.8, 4) is 0 Å². The molecule has 0 bridgehead atoms. The summed E-state index contributed by atoms with van der Waals surface area (Å²) in [5, 5.41) is 13.6. The molecule has 4 rings (SSSR count). The molecule has 2 aromatic rings. The summed E-state index contributed by atoms with van der Waals surface area (Å²) in [5.41, 5.74) is 1.53. The van der Waals surface area contributed by atoms with Crippen LogP contribution in [0.4, 0.5) is 0 Å². The number of aromatic amines is 1. The molecule has 2 amide bonds. The van der Waals surface area contributed by atoms with E-state index in [1.165, 1.54) is 0 Å². The van der Waals surface area contributed by atoms with Gasteiger partial charge in [0, 0.05) is 43.6 Å². The van der Waals surface area contributed by atoms with Gasteiger partial charge >= 0.3 is 0 Å². The van der Waals surface area contributed by atoms with Gasteiger partial charge in [0.25, 0.3) is 5.91 Å². The summed E-state index contributed by atoms with van der Waals surface area (Å²) >= 11 is 0. The van der Waals surface area contributed by atoms with E-state index in [-0.39, 0.29) is 17.9 Å². The van der Waals surface area contributed by atoms with E-state index in [1.54, 1.807) is 9.80 Å². The van der Waals surface area contributed by atoms with Gasteiger partial charge in [-0.1, -0.05) is 18.2 Å². The van der Waals surface area contributed by atoms with E-state index in [4.69, 9.17) is 0 Å². The summed E-state index contributed by atoms with van der Waals surface area (Å²) < 4.78 is 0. The monoisotopic (exact) mass is 342 g/mol. The minimum atomic E-state index is -0.446. The molecule has 2 atom stereocenters. The molecule has 2 aliphatic rings. The summed E-state index contributed by atoms with van der Waals surface area (Å²) in [6, 6.07) is 9.38. The Labute approximate surface area is 145 Å². The molecule has 2 fully saturated rings. The van der Waals surface area contributed by atoms with Gasteiger partial charge in [-0.2, -0.15) is 0 Å². The van der Waals surface area contributed by atoms with Gasteiger partial charge in [-0.3, -0.25) is 9.59 Å². The van der Waals surface area contributed by atoms with Gasteiger partial charge in [-0.25, -0.2) is 0 Å². The van der Waals surface area contributed by atoms with Crippen LogP contribution in [0.3, 0.4) is 0 Å². The third-order valence-electron chi connectivity index (χ3n) is 5.04. The van der Waals surface area contributed by atoms with E-state index in [2.05, 4.69) is 10.3 Å². The maximum absolute atomic E-state index is 12.7. The van der Waals surface area contributed by atoms with Crippen molar-refractivity contribution in [3.05, 3.63) is 36.0 Å². The molecule has 2 saturated heterocycles. The van der Waals surface area contributed by atoms with Crippen molar-refractivity contribution in [2.24, 2.45) is 0 Å². The van der Waals surface area contributed by atoms with Gasteiger partial charge in [0.05, 0.1) is 12.1 Å². The lowest BCUT2D eigenvalue weighted by atomic mass is 10.1. The number of H-pyrrole nitrogens is 1. The quantitative estimate of drug-likeness (QED) is 0.726. The highest BCUT2D eigenvalue weighted by Crippen LogP contribution is 2.17. The second-order valence-corrected chi connectivity index (χ2v) is 6.74. The van der Waals surface area contributed by atoms with Crippen molar-refractivity contribution >= 4 is 22.7 Å². The summed E-state index contributed by atoms with van der Waals surface area (Å²) in [6.07, 6.45) is 0.0198. The van der Waals surface area contributed by atoms with Crippen LogP contribution in [0, 0.1) is 0 Å². The lowest BCUT2D eigenvalue weighted by molar-refractivity contribution is -0.134. The molecule has 3 heterocycles.